The molecule has 1 fully saturated rings. The van der Waals surface area contributed by atoms with E-state index in [2.05, 4.69) is 38.1 Å². The molecule has 94 valence electrons. The number of benzene rings is 1. The fourth-order valence-corrected chi connectivity index (χ4v) is 2.75. The van der Waals surface area contributed by atoms with Crippen LogP contribution in [0.2, 0.25) is 0 Å². The van der Waals surface area contributed by atoms with Crippen molar-refractivity contribution in [3.8, 4) is 0 Å². The summed E-state index contributed by atoms with van der Waals surface area (Å²) in [6.45, 7) is 4.57. The maximum absolute atomic E-state index is 10.7. The van der Waals surface area contributed by atoms with Crippen LogP contribution in [0.1, 0.15) is 31.7 Å². The average molecular weight is 234 g/mol. The van der Waals surface area contributed by atoms with Gasteiger partial charge in [0.05, 0.1) is 12.2 Å². The molecule has 1 aromatic rings. The van der Waals surface area contributed by atoms with Gasteiger partial charge in [-0.15, -0.1) is 0 Å². The summed E-state index contributed by atoms with van der Waals surface area (Å²) in [5.41, 5.74) is 0.655. The van der Waals surface area contributed by atoms with Crippen molar-refractivity contribution in [1.82, 2.24) is 0 Å². The summed E-state index contributed by atoms with van der Waals surface area (Å²) in [6, 6.07) is 10.5. The van der Waals surface area contributed by atoms with E-state index in [4.69, 9.17) is 4.74 Å². The second-order valence-corrected chi connectivity index (χ2v) is 5.44. The molecule has 17 heavy (non-hydrogen) atoms. The molecule has 0 bridgehead atoms. The molecule has 0 heterocycles. The Hall–Kier alpha value is -0.860. The zero-order valence-corrected chi connectivity index (χ0v) is 10.9. The molecular weight excluding hydrogens is 212 g/mol. The third-order valence-electron chi connectivity index (χ3n) is 4.04. The van der Waals surface area contributed by atoms with Crippen LogP contribution in [0.25, 0.3) is 0 Å². The van der Waals surface area contributed by atoms with Crippen LogP contribution in [0, 0.1) is 11.8 Å². The predicted octanol–water partition coefficient (Wildman–Crippen LogP) is 2.82. The largest absolute Gasteiger partial charge is 0.387 e. The molecule has 0 amide bonds. The molecule has 0 saturated heterocycles. The molecule has 0 radical (unpaired) electrons. The smallest absolute Gasteiger partial charge is 0.0936 e. The molecule has 3 unspecified atom stereocenters. The van der Waals surface area contributed by atoms with Crippen molar-refractivity contribution in [2.24, 2.45) is 11.8 Å². The topological polar surface area (TPSA) is 29.5 Å². The minimum absolute atomic E-state index is 0.223. The Morgan fingerprint density at radius 1 is 1.35 bits per heavy atom. The van der Waals surface area contributed by atoms with Gasteiger partial charge in [-0.2, -0.15) is 0 Å². The van der Waals surface area contributed by atoms with Crippen LogP contribution in [0.5, 0.6) is 0 Å². The summed E-state index contributed by atoms with van der Waals surface area (Å²) in [5, 5.41) is 10.7. The summed E-state index contributed by atoms with van der Waals surface area (Å²) in [4.78, 5) is 0. The summed E-state index contributed by atoms with van der Waals surface area (Å²) in [5.74, 6) is 1.06. The van der Waals surface area contributed by atoms with E-state index in [-0.39, 0.29) is 5.92 Å². The first-order chi connectivity index (χ1) is 8.09. The van der Waals surface area contributed by atoms with Gasteiger partial charge in [0.2, 0.25) is 0 Å². The van der Waals surface area contributed by atoms with Gasteiger partial charge in [0.1, 0.15) is 0 Å². The van der Waals surface area contributed by atoms with Gasteiger partial charge in [-0.25, -0.2) is 0 Å². The first-order valence-electron chi connectivity index (χ1n) is 6.36. The van der Waals surface area contributed by atoms with Gasteiger partial charge in [-0.1, -0.05) is 44.2 Å². The fourth-order valence-electron chi connectivity index (χ4n) is 2.75. The van der Waals surface area contributed by atoms with Gasteiger partial charge in [0.15, 0.2) is 0 Å². The van der Waals surface area contributed by atoms with E-state index in [1.165, 1.54) is 5.56 Å². The Kier molecular flexibility index (Phi) is 3.55. The standard InChI is InChI=1S/C15H22O2/c1-11(2)15(16,10-17-3)14-9-13(14)12-7-5-4-6-8-12/h4-8,11,13-14,16H,9-10H2,1-3H3. The lowest BCUT2D eigenvalue weighted by Gasteiger charge is -2.32. The maximum atomic E-state index is 10.7. The molecule has 0 aromatic heterocycles. The normalized spacial score (nSPS) is 26.9. The first-order valence-corrected chi connectivity index (χ1v) is 6.36. The van der Waals surface area contributed by atoms with Crippen molar-refractivity contribution in [2.45, 2.75) is 31.8 Å². The second kappa shape index (κ2) is 4.79. The summed E-state index contributed by atoms with van der Waals surface area (Å²) >= 11 is 0. The third-order valence-corrected chi connectivity index (χ3v) is 4.04. The highest BCUT2D eigenvalue weighted by molar-refractivity contribution is 5.28. The van der Waals surface area contributed by atoms with E-state index in [9.17, 15) is 5.11 Å². The van der Waals surface area contributed by atoms with Crippen molar-refractivity contribution < 1.29 is 9.84 Å². The van der Waals surface area contributed by atoms with Gasteiger partial charge < -0.3 is 9.84 Å². The van der Waals surface area contributed by atoms with Gasteiger partial charge in [-0.3, -0.25) is 0 Å². The first kappa shape index (κ1) is 12.6. The molecule has 2 rings (SSSR count). The Balaban J connectivity index is 2.10. The average Bonchev–Trinajstić information content (AvgIpc) is 3.10. The molecule has 2 heteroatoms. The molecule has 2 nitrogen and oxygen atoms in total. The Labute approximate surface area is 104 Å². The van der Waals surface area contributed by atoms with Gasteiger partial charge in [0, 0.05) is 7.11 Å². The van der Waals surface area contributed by atoms with E-state index < -0.39 is 5.60 Å². The zero-order chi connectivity index (χ0) is 12.5. The lowest BCUT2D eigenvalue weighted by atomic mass is 9.84. The highest BCUT2D eigenvalue weighted by atomic mass is 16.5. The van der Waals surface area contributed by atoms with Crippen LogP contribution in [-0.4, -0.2) is 24.4 Å². The number of aliphatic hydroxyl groups is 1. The van der Waals surface area contributed by atoms with Crippen molar-refractivity contribution in [3.63, 3.8) is 0 Å². The molecule has 0 aliphatic heterocycles. The van der Waals surface area contributed by atoms with Gasteiger partial charge >= 0.3 is 0 Å². The molecular formula is C15H22O2. The summed E-state index contributed by atoms with van der Waals surface area (Å²) in [6.07, 6.45) is 1.07. The molecule has 1 N–H and O–H groups in total. The molecule has 1 aromatic carbocycles. The number of ether oxygens (including phenoxy) is 1. The summed E-state index contributed by atoms with van der Waals surface area (Å²) < 4.78 is 5.20. The van der Waals surface area contributed by atoms with E-state index >= 15 is 0 Å². The lowest BCUT2D eigenvalue weighted by Crippen LogP contribution is -2.42. The van der Waals surface area contributed by atoms with Crippen molar-refractivity contribution in [2.75, 3.05) is 13.7 Å². The van der Waals surface area contributed by atoms with Gasteiger partial charge in [-0.05, 0) is 29.7 Å². The molecule has 1 aliphatic carbocycles. The Bertz CT molecular complexity index is 360. The van der Waals surface area contributed by atoms with Crippen molar-refractivity contribution in [1.29, 1.82) is 0 Å². The minimum atomic E-state index is -0.685. The number of hydrogen-bond acceptors (Lipinski definition) is 2. The highest BCUT2D eigenvalue weighted by Gasteiger charge is 2.53. The van der Waals surface area contributed by atoms with Crippen LogP contribution in [-0.2, 0) is 4.74 Å². The molecule has 1 aliphatic rings. The van der Waals surface area contributed by atoms with Crippen LogP contribution < -0.4 is 0 Å². The molecule has 0 spiro atoms. The minimum Gasteiger partial charge on any atom is -0.387 e. The predicted molar refractivity (Wildman–Crippen MR) is 69.0 cm³/mol. The maximum Gasteiger partial charge on any atom is 0.0936 e. The van der Waals surface area contributed by atoms with Crippen LogP contribution >= 0.6 is 0 Å². The van der Waals surface area contributed by atoms with E-state index in [1.54, 1.807) is 7.11 Å². The quantitative estimate of drug-likeness (QED) is 0.849. The van der Waals surface area contributed by atoms with E-state index in [0.29, 0.717) is 18.4 Å². The third kappa shape index (κ3) is 2.38. The zero-order valence-electron chi connectivity index (χ0n) is 10.9. The van der Waals surface area contributed by atoms with E-state index in [0.717, 1.165) is 6.42 Å². The van der Waals surface area contributed by atoms with Crippen molar-refractivity contribution >= 4 is 0 Å². The highest BCUT2D eigenvalue weighted by Crippen LogP contribution is 2.55. The molecule has 3 atom stereocenters. The van der Waals surface area contributed by atoms with Crippen molar-refractivity contribution in [3.05, 3.63) is 35.9 Å². The number of methoxy groups -OCH3 is 1. The number of hydrogen-bond donors (Lipinski definition) is 1. The fraction of sp³-hybridized carbons (Fsp3) is 0.600. The lowest BCUT2D eigenvalue weighted by molar-refractivity contribution is -0.0820. The monoisotopic (exact) mass is 234 g/mol. The van der Waals surface area contributed by atoms with Crippen LogP contribution in [0.4, 0.5) is 0 Å². The van der Waals surface area contributed by atoms with Gasteiger partial charge in [0.25, 0.3) is 0 Å². The number of rotatable bonds is 5. The summed E-state index contributed by atoms with van der Waals surface area (Å²) in [7, 11) is 1.66. The Morgan fingerprint density at radius 2 is 2.00 bits per heavy atom. The molecule has 1 saturated carbocycles. The van der Waals surface area contributed by atoms with Crippen LogP contribution in [0.15, 0.2) is 30.3 Å². The van der Waals surface area contributed by atoms with Crippen LogP contribution in [0.3, 0.4) is 0 Å². The Morgan fingerprint density at radius 3 is 2.53 bits per heavy atom. The SMILES string of the molecule is COCC(O)(C(C)C)C1CC1c1ccccc1. The van der Waals surface area contributed by atoms with E-state index in [1.807, 2.05) is 6.07 Å². The second-order valence-electron chi connectivity index (χ2n) is 5.44.